The molecule has 1 aromatic heterocycles. The summed E-state index contributed by atoms with van der Waals surface area (Å²) >= 11 is 1.77. The molecule has 162 valence electrons. The van der Waals surface area contributed by atoms with Gasteiger partial charge < -0.3 is 24.8 Å². The van der Waals surface area contributed by atoms with Crippen molar-refractivity contribution in [3.8, 4) is 17.2 Å². The smallest absolute Gasteiger partial charge is 0.203 e. The molecule has 0 spiro atoms. The largest absolute Gasteiger partial charge is 0.493 e. The fourth-order valence-corrected chi connectivity index (χ4v) is 3.57. The molecule has 0 radical (unpaired) electrons. The van der Waals surface area contributed by atoms with Crippen molar-refractivity contribution in [3.63, 3.8) is 0 Å². The van der Waals surface area contributed by atoms with E-state index < -0.39 is 0 Å². The molecule has 0 aliphatic heterocycles. The lowest BCUT2D eigenvalue weighted by Crippen LogP contribution is -2.38. The Morgan fingerprint density at radius 2 is 1.83 bits per heavy atom. The summed E-state index contributed by atoms with van der Waals surface area (Å²) in [7, 11) is 4.82. The molecule has 2 rings (SSSR count). The first-order chi connectivity index (χ1) is 13.7. The van der Waals surface area contributed by atoms with Crippen molar-refractivity contribution in [1.29, 1.82) is 0 Å². The van der Waals surface area contributed by atoms with Gasteiger partial charge in [0.15, 0.2) is 17.5 Å². The standard InChI is InChI=1S/C20H30N4O3S.HI/c1-6-15-13-23-17(28-15)10-11-22-20(21-7-2)24-12-14-8-9-16(25-3)19(27-5)18(14)26-4;/h8-9,13H,6-7,10-12H2,1-5H3,(H2,21,22,24);1H. The van der Waals surface area contributed by atoms with Crippen molar-refractivity contribution in [2.75, 3.05) is 34.4 Å². The molecule has 0 saturated heterocycles. The molecule has 0 atom stereocenters. The fraction of sp³-hybridized carbons (Fsp3) is 0.500. The third kappa shape index (κ3) is 7.22. The van der Waals surface area contributed by atoms with Crippen molar-refractivity contribution in [1.82, 2.24) is 15.6 Å². The molecule has 1 aromatic carbocycles. The number of aryl methyl sites for hydroxylation is 1. The van der Waals surface area contributed by atoms with Crippen molar-refractivity contribution in [2.45, 2.75) is 33.2 Å². The van der Waals surface area contributed by atoms with Gasteiger partial charge >= 0.3 is 0 Å². The van der Waals surface area contributed by atoms with Gasteiger partial charge in [-0.3, -0.25) is 0 Å². The van der Waals surface area contributed by atoms with Crippen LogP contribution in [-0.4, -0.2) is 45.4 Å². The van der Waals surface area contributed by atoms with Crippen LogP contribution in [-0.2, 0) is 19.4 Å². The van der Waals surface area contributed by atoms with Crippen LogP contribution in [0.25, 0.3) is 0 Å². The van der Waals surface area contributed by atoms with Gasteiger partial charge in [-0.15, -0.1) is 35.3 Å². The maximum atomic E-state index is 5.53. The van der Waals surface area contributed by atoms with E-state index in [1.54, 1.807) is 32.7 Å². The Balaban J connectivity index is 0.00000420. The molecule has 0 aliphatic carbocycles. The van der Waals surface area contributed by atoms with E-state index in [0.717, 1.165) is 42.5 Å². The average molecular weight is 534 g/mol. The number of halogens is 1. The molecule has 0 saturated carbocycles. The molecular weight excluding hydrogens is 503 g/mol. The number of aromatic nitrogens is 1. The first kappa shape index (κ1) is 25.3. The van der Waals surface area contributed by atoms with Crippen LogP contribution < -0.4 is 24.8 Å². The summed E-state index contributed by atoms with van der Waals surface area (Å²) in [6.07, 6.45) is 3.86. The van der Waals surface area contributed by atoms with E-state index in [0.29, 0.717) is 23.8 Å². The number of thiazole rings is 1. The molecule has 1 heterocycles. The van der Waals surface area contributed by atoms with Gasteiger partial charge in [-0.25, -0.2) is 9.98 Å². The lowest BCUT2D eigenvalue weighted by atomic mass is 10.1. The summed E-state index contributed by atoms with van der Waals surface area (Å²) in [5.41, 5.74) is 0.921. The number of aliphatic imine (C=N–C) groups is 1. The number of benzene rings is 1. The summed E-state index contributed by atoms with van der Waals surface area (Å²) in [5.74, 6) is 2.60. The Morgan fingerprint density at radius 1 is 1.07 bits per heavy atom. The number of hydrogen-bond acceptors (Lipinski definition) is 6. The van der Waals surface area contributed by atoms with Crippen LogP contribution >= 0.6 is 35.3 Å². The van der Waals surface area contributed by atoms with E-state index in [9.17, 15) is 0 Å². The molecule has 0 fully saturated rings. The molecule has 2 N–H and O–H groups in total. The first-order valence-corrected chi connectivity index (χ1v) is 10.2. The number of ether oxygens (including phenoxy) is 3. The van der Waals surface area contributed by atoms with E-state index in [1.807, 2.05) is 25.3 Å². The zero-order valence-electron chi connectivity index (χ0n) is 17.7. The van der Waals surface area contributed by atoms with Gasteiger partial charge in [0.25, 0.3) is 0 Å². The predicted octanol–water partition coefficient (Wildman–Crippen LogP) is 3.65. The molecule has 0 unspecified atom stereocenters. The zero-order valence-corrected chi connectivity index (χ0v) is 20.9. The normalized spacial score (nSPS) is 10.9. The molecule has 9 heteroatoms. The summed E-state index contributed by atoms with van der Waals surface area (Å²) in [6.45, 7) is 6.20. The second-order valence-corrected chi connectivity index (χ2v) is 7.14. The van der Waals surface area contributed by atoms with Crippen molar-refractivity contribution in [3.05, 3.63) is 33.8 Å². The number of nitrogens with one attached hydrogen (secondary N) is 2. The lowest BCUT2D eigenvalue weighted by molar-refractivity contribution is 0.322. The molecule has 7 nitrogen and oxygen atoms in total. The maximum absolute atomic E-state index is 5.53. The predicted molar refractivity (Wildman–Crippen MR) is 130 cm³/mol. The Labute approximate surface area is 194 Å². The quantitative estimate of drug-likeness (QED) is 0.276. The number of rotatable bonds is 10. The Morgan fingerprint density at radius 3 is 2.41 bits per heavy atom. The van der Waals surface area contributed by atoms with E-state index in [-0.39, 0.29) is 24.0 Å². The summed E-state index contributed by atoms with van der Waals surface area (Å²) < 4.78 is 16.3. The molecular formula is C20H31IN4O3S. The highest BCUT2D eigenvalue weighted by Gasteiger charge is 2.15. The Kier molecular flexibility index (Phi) is 11.7. The van der Waals surface area contributed by atoms with Crippen LogP contribution in [0.15, 0.2) is 23.3 Å². The van der Waals surface area contributed by atoms with Crippen molar-refractivity contribution in [2.24, 2.45) is 4.99 Å². The molecule has 29 heavy (non-hydrogen) atoms. The van der Waals surface area contributed by atoms with Crippen molar-refractivity contribution < 1.29 is 14.2 Å². The van der Waals surface area contributed by atoms with Gasteiger partial charge in [0, 0.05) is 36.1 Å². The van der Waals surface area contributed by atoms with Crippen LogP contribution in [0.2, 0.25) is 0 Å². The van der Waals surface area contributed by atoms with E-state index in [4.69, 9.17) is 14.2 Å². The van der Waals surface area contributed by atoms with Crippen LogP contribution in [0.3, 0.4) is 0 Å². The van der Waals surface area contributed by atoms with Gasteiger partial charge in [-0.1, -0.05) is 6.92 Å². The van der Waals surface area contributed by atoms with Gasteiger partial charge in [-0.2, -0.15) is 0 Å². The molecule has 0 amide bonds. The van der Waals surface area contributed by atoms with E-state index in [2.05, 4.69) is 27.5 Å². The Bertz CT molecular complexity index is 783. The monoisotopic (exact) mass is 534 g/mol. The minimum Gasteiger partial charge on any atom is -0.493 e. The van der Waals surface area contributed by atoms with Crippen molar-refractivity contribution >= 4 is 41.3 Å². The fourth-order valence-electron chi connectivity index (χ4n) is 2.71. The van der Waals surface area contributed by atoms with Gasteiger partial charge in [0.2, 0.25) is 5.75 Å². The first-order valence-electron chi connectivity index (χ1n) is 9.40. The van der Waals surface area contributed by atoms with Crippen LogP contribution in [0.1, 0.15) is 29.3 Å². The highest BCUT2D eigenvalue weighted by Crippen LogP contribution is 2.39. The number of hydrogen-bond donors (Lipinski definition) is 2. The van der Waals surface area contributed by atoms with Crippen LogP contribution in [0.4, 0.5) is 0 Å². The van der Waals surface area contributed by atoms with E-state index >= 15 is 0 Å². The minimum atomic E-state index is 0. The lowest BCUT2D eigenvalue weighted by Gasteiger charge is -2.15. The third-order valence-electron chi connectivity index (χ3n) is 4.12. The van der Waals surface area contributed by atoms with Crippen LogP contribution in [0, 0.1) is 0 Å². The number of nitrogens with zero attached hydrogens (tertiary/aromatic N) is 2. The SMILES string of the molecule is CCNC(=NCc1ccc(OC)c(OC)c1OC)NCCc1ncc(CC)s1.I. The van der Waals surface area contributed by atoms with Gasteiger partial charge in [-0.05, 0) is 25.5 Å². The summed E-state index contributed by atoms with van der Waals surface area (Å²) in [6, 6.07) is 3.80. The minimum absolute atomic E-state index is 0. The van der Waals surface area contributed by atoms with Gasteiger partial charge in [0.05, 0.1) is 32.9 Å². The molecule has 2 aromatic rings. The number of methoxy groups -OCH3 is 3. The molecule has 0 aliphatic rings. The average Bonchev–Trinajstić information content (AvgIpc) is 3.19. The van der Waals surface area contributed by atoms with E-state index in [1.165, 1.54) is 4.88 Å². The Hall–Kier alpha value is -1.75. The third-order valence-corrected chi connectivity index (χ3v) is 5.32. The molecule has 0 bridgehead atoms. The summed E-state index contributed by atoms with van der Waals surface area (Å²) in [5, 5.41) is 7.77. The highest BCUT2D eigenvalue weighted by molar-refractivity contribution is 14.0. The number of guanidine groups is 1. The topological polar surface area (TPSA) is 77.0 Å². The summed E-state index contributed by atoms with van der Waals surface area (Å²) in [4.78, 5) is 10.5. The zero-order chi connectivity index (χ0) is 20.4. The van der Waals surface area contributed by atoms with Crippen LogP contribution in [0.5, 0.6) is 17.2 Å². The maximum Gasteiger partial charge on any atom is 0.203 e. The van der Waals surface area contributed by atoms with Gasteiger partial charge in [0.1, 0.15) is 0 Å². The second-order valence-electron chi connectivity index (χ2n) is 5.94. The second kappa shape index (κ2) is 13.5. The highest BCUT2D eigenvalue weighted by atomic mass is 127.